The van der Waals surface area contributed by atoms with Gasteiger partial charge >= 0.3 is 16.4 Å². The Labute approximate surface area is 86.9 Å². The number of pyridine rings is 1. The highest BCUT2D eigenvalue weighted by molar-refractivity contribution is 7.86. The SMILES string of the molecule is O=S(=O)(F)c1cc(C(F)(F)F)c(Cl)cn1. The van der Waals surface area contributed by atoms with E-state index in [1.165, 1.54) is 0 Å². The van der Waals surface area contributed by atoms with Crippen LogP contribution < -0.4 is 0 Å². The van der Waals surface area contributed by atoms with Crippen LogP contribution in [0.3, 0.4) is 0 Å². The van der Waals surface area contributed by atoms with E-state index in [4.69, 9.17) is 11.6 Å². The van der Waals surface area contributed by atoms with Crippen molar-refractivity contribution in [3.05, 3.63) is 22.8 Å². The highest BCUT2D eigenvalue weighted by atomic mass is 35.5. The zero-order valence-corrected chi connectivity index (χ0v) is 8.29. The van der Waals surface area contributed by atoms with Gasteiger partial charge in [-0.05, 0) is 6.07 Å². The summed E-state index contributed by atoms with van der Waals surface area (Å²) in [7, 11) is -5.27. The highest BCUT2D eigenvalue weighted by Gasteiger charge is 2.35. The third kappa shape index (κ3) is 2.78. The van der Waals surface area contributed by atoms with Crippen LogP contribution in [0.2, 0.25) is 5.02 Å². The van der Waals surface area contributed by atoms with Crippen LogP contribution in [0.15, 0.2) is 17.3 Å². The van der Waals surface area contributed by atoms with Crippen LogP contribution in [0.25, 0.3) is 0 Å². The fraction of sp³-hybridized carbons (Fsp3) is 0.167. The van der Waals surface area contributed by atoms with E-state index in [2.05, 4.69) is 4.98 Å². The van der Waals surface area contributed by atoms with E-state index in [0.29, 0.717) is 6.20 Å². The lowest BCUT2D eigenvalue weighted by molar-refractivity contribution is -0.137. The second-order valence-corrected chi connectivity index (χ2v) is 4.14. The smallest absolute Gasteiger partial charge is 0.241 e. The number of hydrogen-bond donors (Lipinski definition) is 0. The van der Waals surface area contributed by atoms with Gasteiger partial charge in [-0.1, -0.05) is 15.5 Å². The van der Waals surface area contributed by atoms with Crippen molar-refractivity contribution in [2.45, 2.75) is 11.2 Å². The van der Waals surface area contributed by atoms with Crippen LogP contribution in [0.5, 0.6) is 0 Å². The third-order valence-corrected chi connectivity index (χ3v) is 2.41. The summed E-state index contributed by atoms with van der Waals surface area (Å²) in [5.41, 5.74) is -1.45. The second-order valence-electron chi connectivity index (χ2n) is 2.44. The molecule has 0 bridgehead atoms. The van der Waals surface area contributed by atoms with Crippen LogP contribution in [-0.4, -0.2) is 13.4 Å². The summed E-state index contributed by atoms with van der Waals surface area (Å²) in [6.07, 6.45) is -4.43. The first kappa shape index (κ1) is 12.2. The Hall–Kier alpha value is -0.890. The van der Waals surface area contributed by atoms with E-state index in [1.807, 2.05) is 0 Å². The fourth-order valence-corrected chi connectivity index (χ4v) is 1.42. The first-order chi connectivity index (χ1) is 6.62. The van der Waals surface area contributed by atoms with E-state index in [0.717, 1.165) is 0 Å². The van der Waals surface area contributed by atoms with Gasteiger partial charge in [0.1, 0.15) is 0 Å². The molecular weight excluding hydrogens is 262 g/mol. The molecule has 1 aromatic heterocycles. The molecule has 1 rings (SSSR count). The van der Waals surface area contributed by atoms with Crippen molar-refractivity contribution < 1.29 is 25.5 Å². The highest BCUT2D eigenvalue weighted by Crippen LogP contribution is 2.35. The van der Waals surface area contributed by atoms with Crippen LogP contribution in [0, 0.1) is 0 Å². The maximum absolute atomic E-state index is 12.3. The minimum absolute atomic E-state index is 0.0394. The van der Waals surface area contributed by atoms with E-state index >= 15 is 0 Å². The van der Waals surface area contributed by atoms with Gasteiger partial charge in [-0.3, -0.25) is 0 Å². The van der Waals surface area contributed by atoms with E-state index in [-0.39, 0.29) is 6.07 Å². The summed E-state index contributed by atoms with van der Waals surface area (Å²) in [4.78, 5) is 2.93. The molecule has 1 aromatic rings. The zero-order valence-electron chi connectivity index (χ0n) is 6.72. The fourth-order valence-electron chi connectivity index (χ4n) is 0.770. The molecule has 84 valence electrons. The number of alkyl halides is 3. The van der Waals surface area contributed by atoms with Crippen LogP contribution in [0.4, 0.5) is 17.1 Å². The van der Waals surface area contributed by atoms with Crippen molar-refractivity contribution in [1.29, 1.82) is 0 Å². The predicted molar refractivity (Wildman–Crippen MR) is 42.5 cm³/mol. The van der Waals surface area contributed by atoms with Crippen molar-refractivity contribution in [2.75, 3.05) is 0 Å². The molecule has 0 fully saturated rings. The Balaban J connectivity index is 3.43. The molecule has 3 nitrogen and oxygen atoms in total. The van der Waals surface area contributed by atoms with Gasteiger partial charge in [0.15, 0.2) is 5.03 Å². The maximum atomic E-state index is 12.3. The van der Waals surface area contributed by atoms with Gasteiger partial charge in [0.05, 0.1) is 10.6 Å². The van der Waals surface area contributed by atoms with Crippen molar-refractivity contribution in [2.24, 2.45) is 0 Å². The Morgan fingerprint density at radius 1 is 1.33 bits per heavy atom. The Kier molecular flexibility index (Phi) is 2.92. The van der Waals surface area contributed by atoms with Gasteiger partial charge in [-0.15, -0.1) is 0 Å². The monoisotopic (exact) mass is 263 g/mol. The van der Waals surface area contributed by atoms with Gasteiger partial charge in [-0.25, -0.2) is 4.98 Å². The lowest BCUT2D eigenvalue weighted by Crippen LogP contribution is -2.08. The lowest BCUT2D eigenvalue weighted by Gasteiger charge is -2.08. The molecule has 0 aliphatic carbocycles. The molecule has 0 N–H and O–H groups in total. The summed E-state index contributed by atoms with van der Waals surface area (Å²) in [5.74, 6) is 0. The topological polar surface area (TPSA) is 47.0 Å². The predicted octanol–water partition coefficient (Wildman–Crippen LogP) is 2.41. The van der Waals surface area contributed by atoms with Gasteiger partial charge < -0.3 is 0 Å². The minimum Gasteiger partial charge on any atom is -0.241 e. The average Bonchev–Trinajstić information content (AvgIpc) is 2.00. The summed E-state index contributed by atoms with van der Waals surface area (Å²) in [6.45, 7) is 0. The molecular formula is C6H2ClF4NO2S. The number of aromatic nitrogens is 1. The van der Waals surface area contributed by atoms with Crippen LogP contribution in [0.1, 0.15) is 5.56 Å². The molecule has 0 spiro atoms. The summed E-state index contributed by atoms with van der Waals surface area (Å²) < 4.78 is 69.5. The van der Waals surface area contributed by atoms with Gasteiger partial charge in [0, 0.05) is 6.20 Å². The molecule has 0 radical (unpaired) electrons. The molecule has 0 aliphatic rings. The third-order valence-electron chi connectivity index (χ3n) is 1.39. The Bertz CT molecular complexity index is 484. The van der Waals surface area contributed by atoms with E-state index in [1.54, 1.807) is 0 Å². The Morgan fingerprint density at radius 3 is 2.27 bits per heavy atom. The average molecular weight is 264 g/mol. The number of halogens is 5. The van der Waals surface area contributed by atoms with Crippen molar-refractivity contribution in [3.8, 4) is 0 Å². The number of hydrogen-bond acceptors (Lipinski definition) is 3. The zero-order chi connectivity index (χ0) is 11.9. The molecule has 1 heterocycles. The Morgan fingerprint density at radius 2 is 1.87 bits per heavy atom. The quantitative estimate of drug-likeness (QED) is 0.577. The van der Waals surface area contributed by atoms with Gasteiger partial charge in [0.25, 0.3) is 0 Å². The largest absolute Gasteiger partial charge is 0.418 e. The molecule has 0 amide bonds. The normalized spacial score (nSPS) is 12.9. The van der Waals surface area contributed by atoms with Gasteiger partial charge in [0.2, 0.25) is 0 Å². The molecule has 9 heteroatoms. The first-order valence-corrected chi connectivity index (χ1v) is 5.06. The number of rotatable bonds is 1. The second kappa shape index (κ2) is 3.60. The lowest BCUT2D eigenvalue weighted by atomic mass is 10.2. The summed E-state index contributed by atoms with van der Waals surface area (Å²) in [6, 6.07) is 0.0394. The summed E-state index contributed by atoms with van der Waals surface area (Å²) in [5, 5.41) is -2.12. The molecule has 0 unspecified atom stereocenters. The van der Waals surface area contributed by atoms with Crippen molar-refractivity contribution >= 4 is 21.8 Å². The van der Waals surface area contributed by atoms with Crippen LogP contribution >= 0.6 is 11.6 Å². The molecule has 0 aromatic carbocycles. The first-order valence-electron chi connectivity index (χ1n) is 3.30. The summed E-state index contributed by atoms with van der Waals surface area (Å²) >= 11 is 5.13. The van der Waals surface area contributed by atoms with E-state index in [9.17, 15) is 25.5 Å². The van der Waals surface area contributed by atoms with Crippen molar-refractivity contribution in [1.82, 2.24) is 4.98 Å². The molecule has 15 heavy (non-hydrogen) atoms. The van der Waals surface area contributed by atoms with Crippen molar-refractivity contribution in [3.63, 3.8) is 0 Å². The van der Waals surface area contributed by atoms with Crippen LogP contribution in [-0.2, 0) is 16.4 Å². The maximum Gasteiger partial charge on any atom is 0.418 e. The molecule has 0 aliphatic heterocycles. The van der Waals surface area contributed by atoms with E-state index < -0.39 is 32.0 Å². The molecule has 0 saturated heterocycles. The molecule has 0 atom stereocenters. The minimum atomic E-state index is -5.27. The standard InChI is InChI=1S/C6H2ClF4NO2S/c7-4-2-12-5(15(11,13)14)1-3(4)6(8,9)10/h1-2H. The molecule has 0 saturated carbocycles. The van der Waals surface area contributed by atoms with Gasteiger partial charge in [-0.2, -0.15) is 21.6 Å². The number of nitrogens with zero attached hydrogens (tertiary/aromatic N) is 1.